The molecule has 0 spiro atoms. The van der Waals surface area contributed by atoms with Crippen LogP contribution in [0.15, 0.2) is 12.5 Å². The maximum atomic E-state index is 4.17. The van der Waals surface area contributed by atoms with Crippen LogP contribution in [0.3, 0.4) is 0 Å². The maximum absolute atomic E-state index is 4.17. The van der Waals surface area contributed by atoms with Crippen molar-refractivity contribution in [3.8, 4) is 0 Å². The smallest absolute Gasteiger partial charge is 0.115 e. The van der Waals surface area contributed by atoms with Crippen LogP contribution in [-0.2, 0) is 0 Å². The third kappa shape index (κ3) is 1.81. The van der Waals surface area contributed by atoms with Crippen molar-refractivity contribution in [2.24, 2.45) is 5.92 Å². The molecular formula is C10H16N2. The predicted octanol–water partition coefficient (Wildman–Crippen LogP) is 2.54. The van der Waals surface area contributed by atoms with Gasteiger partial charge in [-0.2, -0.15) is 0 Å². The zero-order chi connectivity index (χ0) is 9.14. The van der Waals surface area contributed by atoms with Gasteiger partial charge in [-0.25, -0.2) is 9.97 Å². The van der Waals surface area contributed by atoms with Gasteiger partial charge in [-0.15, -0.1) is 0 Å². The predicted molar refractivity (Wildman–Crippen MR) is 50.0 cm³/mol. The van der Waals surface area contributed by atoms with Crippen LogP contribution >= 0.6 is 0 Å². The van der Waals surface area contributed by atoms with Crippen molar-refractivity contribution >= 4 is 0 Å². The number of rotatable bonds is 2. The fraction of sp³-hybridized carbons (Fsp3) is 0.600. The molecule has 1 heterocycles. The van der Waals surface area contributed by atoms with Gasteiger partial charge in [-0.05, 0) is 24.3 Å². The summed E-state index contributed by atoms with van der Waals surface area (Å²) >= 11 is 0. The Labute approximate surface area is 74.1 Å². The van der Waals surface area contributed by atoms with Crippen molar-refractivity contribution in [3.63, 3.8) is 0 Å². The van der Waals surface area contributed by atoms with Crippen molar-refractivity contribution < 1.29 is 0 Å². The molecule has 0 saturated heterocycles. The van der Waals surface area contributed by atoms with E-state index in [0.29, 0.717) is 11.8 Å². The first-order chi connectivity index (χ1) is 5.63. The van der Waals surface area contributed by atoms with E-state index in [1.54, 1.807) is 6.33 Å². The third-order valence-electron chi connectivity index (χ3n) is 2.44. The highest BCUT2D eigenvalue weighted by Gasteiger charge is 2.12. The highest BCUT2D eigenvalue weighted by Crippen LogP contribution is 2.24. The first-order valence-electron chi connectivity index (χ1n) is 4.39. The number of hydrogen-bond acceptors (Lipinski definition) is 2. The Morgan fingerprint density at radius 1 is 1.25 bits per heavy atom. The summed E-state index contributed by atoms with van der Waals surface area (Å²) in [6.07, 6.45) is 3.53. The topological polar surface area (TPSA) is 25.8 Å². The molecule has 0 radical (unpaired) electrons. The van der Waals surface area contributed by atoms with E-state index in [1.165, 1.54) is 5.56 Å². The van der Waals surface area contributed by atoms with E-state index in [9.17, 15) is 0 Å². The highest BCUT2D eigenvalue weighted by atomic mass is 14.8. The van der Waals surface area contributed by atoms with Crippen molar-refractivity contribution in [3.05, 3.63) is 23.8 Å². The van der Waals surface area contributed by atoms with Gasteiger partial charge in [0.2, 0.25) is 0 Å². The fourth-order valence-electron chi connectivity index (χ4n) is 1.21. The molecule has 1 unspecified atom stereocenters. The summed E-state index contributed by atoms with van der Waals surface area (Å²) in [5.74, 6) is 1.20. The first kappa shape index (κ1) is 9.17. The average Bonchev–Trinajstić information content (AvgIpc) is 2.04. The highest BCUT2D eigenvalue weighted by molar-refractivity contribution is 5.19. The van der Waals surface area contributed by atoms with Crippen molar-refractivity contribution in [1.82, 2.24) is 9.97 Å². The van der Waals surface area contributed by atoms with E-state index in [4.69, 9.17) is 0 Å². The minimum Gasteiger partial charge on any atom is -0.245 e. The van der Waals surface area contributed by atoms with Crippen LogP contribution in [0, 0.1) is 12.8 Å². The molecule has 0 aromatic carbocycles. The monoisotopic (exact) mass is 164 g/mol. The summed E-state index contributed by atoms with van der Waals surface area (Å²) in [7, 11) is 0. The van der Waals surface area contributed by atoms with Gasteiger partial charge in [0.1, 0.15) is 6.33 Å². The second-order valence-electron chi connectivity index (χ2n) is 3.60. The Bertz CT molecular complexity index is 256. The second-order valence-corrected chi connectivity index (χ2v) is 3.60. The van der Waals surface area contributed by atoms with E-state index < -0.39 is 0 Å². The SMILES string of the molecule is Cc1ncncc1C(C)C(C)C. The van der Waals surface area contributed by atoms with Crippen LogP contribution in [0.1, 0.15) is 37.9 Å². The Morgan fingerprint density at radius 3 is 2.42 bits per heavy atom. The average molecular weight is 164 g/mol. The standard InChI is InChI=1S/C10H16N2/c1-7(2)8(3)10-5-11-6-12-9(10)4/h5-8H,1-4H3. The van der Waals surface area contributed by atoms with Gasteiger partial charge in [0.25, 0.3) is 0 Å². The summed E-state index contributed by atoms with van der Waals surface area (Å²) < 4.78 is 0. The molecule has 0 amide bonds. The first-order valence-corrected chi connectivity index (χ1v) is 4.39. The van der Waals surface area contributed by atoms with Gasteiger partial charge in [0.05, 0.1) is 0 Å². The Kier molecular flexibility index (Phi) is 2.79. The Balaban J connectivity index is 2.94. The molecule has 12 heavy (non-hydrogen) atoms. The zero-order valence-corrected chi connectivity index (χ0v) is 8.20. The zero-order valence-electron chi connectivity index (χ0n) is 8.20. The minimum atomic E-state index is 0.547. The van der Waals surface area contributed by atoms with Crippen LogP contribution in [0.5, 0.6) is 0 Å². The summed E-state index contributed by atoms with van der Waals surface area (Å²) in [5, 5.41) is 0. The van der Waals surface area contributed by atoms with E-state index >= 15 is 0 Å². The van der Waals surface area contributed by atoms with Gasteiger partial charge in [-0.1, -0.05) is 20.8 Å². The summed E-state index contributed by atoms with van der Waals surface area (Å²) in [6.45, 7) is 8.69. The molecule has 1 aromatic rings. The van der Waals surface area contributed by atoms with Crippen molar-refractivity contribution in [2.75, 3.05) is 0 Å². The van der Waals surface area contributed by atoms with Crippen LogP contribution in [0.25, 0.3) is 0 Å². The lowest BCUT2D eigenvalue weighted by atomic mass is 9.90. The summed E-state index contributed by atoms with van der Waals surface area (Å²) in [6, 6.07) is 0. The van der Waals surface area contributed by atoms with Gasteiger partial charge in [-0.3, -0.25) is 0 Å². The lowest BCUT2D eigenvalue weighted by molar-refractivity contribution is 0.529. The van der Waals surface area contributed by atoms with Gasteiger partial charge in [0.15, 0.2) is 0 Å². The molecule has 0 fully saturated rings. The number of nitrogens with zero attached hydrogens (tertiary/aromatic N) is 2. The molecular weight excluding hydrogens is 148 g/mol. The van der Waals surface area contributed by atoms with Crippen LogP contribution < -0.4 is 0 Å². The number of aromatic nitrogens is 2. The second kappa shape index (κ2) is 3.65. The molecule has 0 N–H and O–H groups in total. The normalized spacial score (nSPS) is 13.4. The Morgan fingerprint density at radius 2 is 1.92 bits per heavy atom. The molecule has 0 aliphatic heterocycles. The lowest BCUT2D eigenvalue weighted by Crippen LogP contribution is -2.05. The maximum Gasteiger partial charge on any atom is 0.115 e. The molecule has 2 heteroatoms. The molecule has 0 aliphatic rings. The van der Waals surface area contributed by atoms with E-state index in [1.807, 2.05) is 13.1 Å². The largest absolute Gasteiger partial charge is 0.245 e. The minimum absolute atomic E-state index is 0.547. The van der Waals surface area contributed by atoms with Crippen LogP contribution in [0.4, 0.5) is 0 Å². The number of hydrogen-bond donors (Lipinski definition) is 0. The van der Waals surface area contributed by atoms with Gasteiger partial charge < -0.3 is 0 Å². The quantitative estimate of drug-likeness (QED) is 0.671. The molecule has 1 atom stereocenters. The fourth-order valence-corrected chi connectivity index (χ4v) is 1.21. The van der Waals surface area contributed by atoms with Crippen LogP contribution in [0.2, 0.25) is 0 Å². The van der Waals surface area contributed by atoms with Crippen LogP contribution in [-0.4, -0.2) is 9.97 Å². The molecule has 2 nitrogen and oxygen atoms in total. The van der Waals surface area contributed by atoms with Crippen molar-refractivity contribution in [2.45, 2.75) is 33.6 Å². The van der Waals surface area contributed by atoms with Gasteiger partial charge >= 0.3 is 0 Å². The Hall–Kier alpha value is -0.920. The molecule has 0 bridgehead atoms. The molecule has 66 valence electrons. The molecule has 0 aliphatic carbocycles. The van der Waals surface area contributed by atoms with Gasteiger partial charge in [0, 0.05) is 11.9 Å². The third-order valence-corrected chi connectivity index (χ3v) is 2.44. The molecule has 1 aromatic heterocycles. The summed E-state index contributed by atoms with van der Waals surface area (Å²) in [4.78, 5) is 8.21. The molecule has 0 saturated carbocycles. The van der Waals surface area contributed by atoms with Crippen molar-refractivity contribution in [1.29, 1.82) is 0 Å². The summed E-state index contributed by atoms with van der Waals surface area (Å²) in [5.41, 5.74) is 2.37. The van der Waals surface area contributed by atoms with E-state index in [-0.39, 0.29) is 0 Å². The lowest BCUT2D eigenvalue weighted by Gasteiger charge is -2.16. The van der Waals surface area contributed by atoms with E-state index in [0.717, 1.165) is 5.69 Å². The van der Waals surface area contributed by atoms with E-state index in [2.05, 4.69) is 30.7 Å². The number of aryl methyl sites for hydroxylation is 1. The molecule has 1 rings (SSSR count).